The van der Waals surface area contributed by atoms with Crippen molar-refractivity contribution in [1.29, 1.82) is 0 Å². The van der Waals surface area contributed by atoms with Gasteiger partial charge in [0.25, 0.3) is 11.7 Å². The first-order valence-corrected chi connectivity index (χ1v) is 24.8. The number of allylic oxidation sites excluding steroid dienone is 4. The van der Waals surface area contributed by atoms with Gasteiger partial charge in [-0.3, -0.25) is 34.1 Å². The number of aliphatic hydroxyl groups is 1. The Balaban J connectivity index is 1.05. The number of fused-ring (bicyclic) bond motifs is 13. The number of rotatable bonds is 7. The number of hydrogen-bond donors (Lipinski definition) is 4. The fourth-order valence-corrected chi connectivity index (χ4v) is 10.1. The number of carbonyl (C=O) groups excluding carboxylic acids is 4. The Hall–Kier alpha value is -6.10. The summed E-state index contributed by atoms with van der Waals surface area (Å²) in [5.74, 6) is -4.22. The maximum Gasteiger partial charge on any atom is 0.315 e. The molecule has 16 nitrogen and oxygen atoms in total. The van der Waals surface area contributed by atoms with E-state index in [0.29, 0.717) is 69.8 Å². The van der Waals surface area contributed by atoms with Gasteiger partial charge in [0.2, 0.25) is 5.91 Å². The van der Waals surface area contributed by atoms with Crippen LogP contribution in [0.2, 0.25) is 0 Å². The van der Waals surface area contributed by atoms with Crippen molar-refractivity contribution < 1.29 is 48.7 Å². The van der Waals surface area contributed by atoms with E-state index in [4.69, 9.17) is 24.2 Å². The number of aliphatic hydroxyl groups excluding tert-OH is 1. The quantitative estimate of drug-likeness (QED) is 0.120. The molecule has 3 unspecified atom stereocenters. The number of hydrogen-bond acceptors (Lipinski definition) is 14. The van der Waals surface area contributed by atoms with Gasteiger partial charge in [-0.15, -0.1) is 0 Å². The van der Waals surface area contributed by atoms with Gasteiger partial charge in [0.1, 0.15) is 35.1 Å². The van der Waals surface area contributed by atoms with E-state index in [9.17, 15) is 34.5 Å². The van der Waals surface area contributed by atoms with E-state index in [2.05, 4.69) is 41.1 Å². The molecule has 2 amide bonds. The summed E-state index contributed by atoms with van der Waals surface area (Å²) in [5.41, 5.74) is 0.818. The first kappa shape index (κ1) is 50.3. The third-order valence-electron chi connectivity index (χ3n) is 14.2. The topological polar surface area (TPSA) is 203 Å². The molecular formula is C54H68N6O10. The smallest absolute Gasteiger partial charge is 0.315 e. The van der Waals surface area contributed by atoms with Gasteiger partial charge < -0.3 is 44.6 Å². The molecule has 374 valence electrons. The number of esters is 1. The van der Waals surface area contributed by atoms with Gasteiger partial charge in [-0.25, -0.2) is 0 Å². The van der Waals surface area contributed by atoms with Gasteiger partial charge in [-0.05, 0) is 63.0 Å². The van der Waals surface area contributed by atoms with Crippen LogP contribution in [0.25, 0.3) is 10.8 Å². The number of anilines is 1. The lowest BCUT2D eigenvalue weighted by atomic mass is 9.93. The van der Waals surface area contributed by atoms with Crippen LogP contribution in [0.1, 0.15) is 107 Å². The standard InChI is InChI=1S/C54H68N6O10/c1-33(2)31-58-22-20-54(21-23-58)56-45-42-43-48(64)36(5)50-44(42)51(66)53(6,70-50)68-28-11-10-17-39(69-41(63)30-40(62)60-26-24-59(25-27-60)32-37-15-8-7-9-16-37)29-38(61)19-18-34(3)13-12-14-35(4)52(67)55-47(49(43)65)46(45)57-54/h7-9,11-16,28,33-34,38-39,61,64-65H,10,17-27,29-32H2,1-6H3,(H,55,67)/b13-12+,28-11+,35-14-/t34?,38?,39-,53?/m1/s1. The molecule has 3 aromatic rings. The number of ketones is 1. The Labute approximate surface area is 409 Å². The van der Waals surface area contributed by atoms with Crippen molar-refractivity contribution in [2.45, 2.75) is 123 Å². The Morgan fingerprint density at radius 3 is 2.36 bits per heavy atom. The lowest BCUT2D eigenvalue weighted by Crippen LogP contribution is -2.48. The number of nitrogens with one attached hydrogen (secondary N) is 1. The molecule has 4 atom stereocenters. The van der Waals surface area contributed by atoms with E-state index in [1.807, 2.05) is 31.2 Å². The molecule has 2 fully saturated rings. The molecule has 3 aromatic carbocycles. The average molecular weight is 961 g/mol. The lowest BCUT2D eigenvalue weighted by Gasteiger charge is -2.36. The summed E-state index contributed by atoms with van der Waals surface area (Å²) >= 11 is 0. The Bertz CT molecular complexity index is 2720. The number of phenols is 2. The van der Waals surface area contributed by atoms with Crippen LogP contribution in [0.4, 0.5) is 5.69 Å². The molecule has 2 saturated heterocycles. The number of likely N-dealkylation sites (tertiary alicyclic amines) is 1. The van der Waals surface area contributed by atoms with Crippen LogP contribution >= 0.6 is 0 Å². The zero-order valence-corrected chi connectivity index (χ0v) is 41.3. The van der Waals surface area contributed by atoms with Crippen molar-refractivity contribution in [2.24, 2.45) is 21.8 Å². The van der Waals surface area contributed by atoms with E-state index in [0.717, 1.165) is 26.2 Å². The molecule has 0 saturated carbocycles. The summed E-state index contributed by atoms with van der Waals surface area (Å²) < 4.78 is 18.3. The number of aromatic hydroxyl groups is 2. The number of phenolic OH excluding ortho intramolecular Hbond substituents is 2. The van der Waals surface area contributed by atoms with E-state index in [1.165, 1.54) is 18.7 Å². The van der Waals surface area contributed by atoms with E-state index < -0.39 is 53.5 Å². The maximum absolute atomic E-state index is 14.7. The highest BCUT2D eigenvalue weighted by Gasteiger charge is 2.50. The molecule has 0 aromatic heterocycles. The predicted molar refractivity (Wildman–Crippen MR) is 264 cm³/mol. The van der Waals surface area contributed by atoms with Crippen LogP contribution in [0, 0.1) is 18.8 Å². The van der Waals surface area contributed by atoms with Crippen molar-refractivity contribution in [2.75, 3.05) is 51.1 Å². The minimum atomic E-state index is -1.90. The summed E-state index contributed by atoms with van der Waals surface area (Å²) in [4.78, 5) is 72.0. The number of piperazine rings is 1. The molecule has 70 heavy (non-hydrogen) atoms. The molecule has 1 spiro atoms. The van der Waals surface area contributed by atoms with Crippen LogP contribution in [0.3, 0.4) is 0 Å². The van der Waals surface area contributed by atoms with Gasteiger partial charge in [0.15, 0.2) is 11.4 Å². The lowest BCUT2D eigenvalue weighted by molar-refractivity contribution is -0.155. The van der Waals surface area contributed by atoms with Crippen molar-refractivity contribution >= 4 is 40.0 Å². The molecule has 4 N–H and O–H groups in total. The fourth-order valence-electron chi connectivity index (χ4n) is 10.1. The van der Waals surface area contributed by atoms with Crippen LogP contribution in [0.5, 0.6) is 17.2 Å². The van der Waals surface area contributed by atoms with Crippen molar-refractivity contribution in [3.8, 4) is 17.2 Å². The monoisotopic (exact) mass is 960 g/mol. The van der Waals surface area contributed by atoms with E-state index in [-0.39, 0.29) is 74.5 Å². The molecule has 16 heteroatoms. The van der Waals surface area contributed by atoms with Gasteiger partial charge in [-0.2, -0.15) is 0 Å². The minimum absolute atomic E-state index is 0.00884. The van der Waals surface area contributed by atoms with Crippen LogP contribution in [0.15, 0.2) is 76.5 Å². The SMILES string of the molecule is C/C1=C/C=C/C(C)CCC(O)C[C@H](OC(=O)CC(=O)N2CCN(Cc3ccccc3)CC2)CC/C=C/OC2(C)Oc3c(C)c(O)c4c(O)c(c5c(c4c3C2=O)=NC2(CCN(CC(C)C)CC2)N=5)NC1=O. The van der Waals surface area contributed by atoms with Gasteiger partial charge in [-0.1, -0.05) is 69.3 Å². The summed E-state index contributed by atoms with van der Waals surface area (Å²) in [5, 5.41) is 38.6. The molecule has 0 radical (unpaired) electrons. The van der Waals surface area contributed by atoms with Crippen molar-refractivity contribution in [1.82, 2.24) is 14.7 Å². The Morgan fingerprint density at radius 2 is 1.64 bits per heavy atom. The Morgan fingerprint density at radius 1 is 0.929 bits per heavy atom. The molecule has 5 bridgehead atoms. The molecule has 6 aliphatic heterocycles. The molecule has 6 heterocycles. The summed E-state index contributed by atoms with van der Waals surface area (Å²) in [7, 11) is 0. The predicted octanol–water partition coefficient (Wildman–Crippen LogP) is 6.13. The van der Waals surface area contributed by atoms with Gasteiger partial charge in [0.05, 0.1) is 28.7 Å². The minimum Gasteiger partial charge on any atom is -0.507 e. The second kappa shape index (κ2) is 21.1. The number of nitrogens with zero attached hydrogens (tertiary/aromatic N) is 5. The largest absolute Gasteiger partial charge is 0.507 e. The summed E-state index contributed by atoms with van der Waals surface area (Å²) in [6, 6.07) is 10.2. The van der Waals surface area contributed by atoms with Gasteiger partial charge >= 0.3 is 11.8 Å². The number of ether oxygens (including phenoxy) is 3. The van der Waals surface area contributed by atoms with Gasteiger partial charge in [0, 0.05) is 95.1 Å². The first-order valence-electron chi connectivity index (χ1n) is 24.8. The highest BCUT2D eigenvalue weighted by atomic mass is 16.7. The molecule has 6 aliphatic rings. The zero-order valence-electron chi connectivity index (χ0n) is 41.3. The molecule has 9 rings (SSSR count). The number of Topliss-reactive ketones (excluding diaryl/α,β-unsaturated/α-hetero) is 1. The number of benzene rings is 3. The zero-order chi connectivity index (χ0) is 49.9. The fraction of sp³-hybridized carbons (Fsp3) is 0.519. The third kappa shape index (κ3) is 10.9. The van der Waals surface area contributed by atoms with Crippen molar-refractivity contribution in [3.05, 3.63) is 93.9 Å². The summed E-state index contributed by atoms with van der Waals surface area (Å²) in [6.07, 6.45) is 9.27. The third-order valence-corrected chi connectivity index (χ3v) is 14.2. The van der Waals surface area contributed by atoms with Crippen molar-refractivity contribution in [3.63, 3.8) is 0 Å². The number of piperidine rings is 1. The molecule has 0 aliphatic carbocycles. The first-order chi connectivity index (χ1) is 33.4. The van der Waals surface area contributed by atoms with Crippen LogP contribution in [-0.4, -0.2) is 123 Å². The normalized spacial score (nSPS) is 26.1. The van der Waals surface area contributed by atoms with E-state index in [1.54, 1.807) is 37.0 Å². The average Bonchev–Trinajstić information content (AvgIpc) is 3.82. The van der Waals surface area contributed by atoms with Crippen LogP contribution < -0.4 is 20.8 Å². The number of carbonyl (C=O) groups is 4. The second-order valence-electron chi connectivity index (χ2n) is 20.3. The summed E-state index contributed by atoms with van der Waals surface area (Å²) in [6.45, 7) is 16.6. The molecular weight excluding hydrogens is 893 g/mol. The highest BCUT2D eigenvalue weighted by Crippen LogP contribution is 2.50. The van der Waals surface area contributed by atoms with Crippen LogP contribution in [-0.2, 0) is 30.4 Å². The van der Waals surface area contributed by atoms with E-state index >= 15 is 0 Å². The number of amides is 2. The maximum atomic E-state index is 14.7. The Kier molecular flexibility index (Phi) is 15.2. The second-order valence-corrected chi connectivity index (χ2v) is 20.3. The highest BCUT2D eigenvalue weighted by molar-refractivity contribution is 6.19.